The molecule has 1 saturated heterocycles. The Bertz CT molecular complexity index is 1770. The number of carbonyl (C=O) groups excluding carboxylic acids is 2. The van der Waals surface area contributed by atoms with Crippen LogP contribution in [0.1, 0.15) is 104 Å². The quantitative estimate of drug-likeness (QED) is 0.172. The molecular weight excluding hydrogens is 602 g/mol. The number of aryl methyl sites for hydroxylation is 2. The number of hydrogen-bond donors (Lipinski definition) is 2. The van der Waals surface area contributed by atoms with Crippen LogP contribution in [0.4, 0.5) is 5.69 Å². The largest absolute Gasteiger partial charge is 0.462 e. The summed E-state index contributed by atoms with van der Waals surface area (Å²) < 4.78 is 7.01. The fourth-order valence-corrected chi connectivity index (χ4v) is 7.43. The Morgan fingerprint density at radius 1 is 1.00 bits per heavy atom. The molecule has 1 unspecified atom stereocenters. The van der Waals surface area contributed by atoms with Gasteiger partial charge < -0.3 is 20.1 Å². The van der Waals surface area contributed by atoms with Crippen LogP contribution in [-0.2, 0) is 28.8 Å². The third-order valence-electron chi connectivity index (χ3n) is 9.96. The number of esters is 1. The topological polar surface area (TPSA) is 110 Å². The van der Waals surface area contributed by atoms with Gasteiger partial charge in [-0.3, -0.25) is 4.79 Å². The van der Waals surface area contributed by atoms with Crippen molar-refractivity contribution in [3.05, 3.63) is 94.3 Å². The maximum atomic E-state index is 12.6. The molecule has 6 rings (SSSR count). The van der Waals surface area contributed by atoms with E-state index in [2.05, 4.69) is 53.7 Å². The summed E-state index contributed by atoms with van der Waals surface area (Å²) in [5.74, 6) is 0.570. The molecule has 252 valence electrons. The number of piperidine rings is 1. The van der Waals surface area contributed by atoms with Crippen molar-refractivity contribution in [3.8, 4) is 17.1 Å². The van der Waals surface area contributed by atoms with Gasteiger partial charge in [0.05, 0.1) is 30.2 Å². The molecule has 2 aliphatic rings. The van der Waals surface area contributed by atoms with Gasteiger partial charge in [-0.05, 0) is 104 Å². The van der Waals surface area contributed by atoms with Crippen molar-refractivity contribution in [3.63, 3.8) is 0 Å². The fourth-order valence-electron chi connectivity index (χ4n) is 7.43. The summed E-state index contributed by atoms with van der Waals surface area (Å²) in [6.45, 7) is 9.54. The number of ether oxygens (including phenoxy) is 1. The maximum Gasteiger partial charge on any atom is 0.341 e. The zero-order valence-electron chi connectivity index (χ0n) is 28.5. The number of hydrogen-bond acceptors (Lipinski definition) is 7. The molecular formula is C39H47N5O4. The Hall–Kier alpha value is -4.50. The number of nitrogens with one attached hydrogen (secondary N) is 1. The Balaban J connectivity index is 1.23. The number of amides is 1. The minimum absolute atomic E-state index is 0.139. The summed E-state index contributed by atoms with van der Waals surface area (Å²) in [6, 6.07) is 19.4. The number of benzene rings is 2. The van der Waals surface area contributed by atoms with Crippen molar-refractivity contribution in [2.24, 2.45) is 0 Å². The highest BCUT2D eigenvalue weighted by molar-refractivity contribution is 5.90. The van der Waals surface area contributed by atoms with Crippen molar-refractivity contribution in [1.82, 2.24) is 19.7 Å². The molecule has 0 saturated carbocycles. The molecule has 3 heterocycles. The first-order valence-corrected chi connectivity index (χ1v) is 17.6. The lowest BCUT2D eigenvalue weighted by molar-refractivity contribution is -0.141. The molecule has 2 N–H and O–H groups in total. The molecule has 4 aromatic rings. The van der Waals surface area contributed by atoms with E-state index in [1.54, 1.807) is 17.8 Å². The smallest absolute Gasteiger partial charge is 0.341 e. The first kappa shape index (κ1) is 33.4. The Morgan fingerprint density at radius 2 is 1.79 bits per heavy atom. The minimum atomic E-state index is -0.893. The highest BCUT2D eigenvalue weighted by Crippen LogP contribution is 2.41. The molecule has 2 aromatic carbocycles. The summed E-state index contributed by atoms with van der Waals surface area (Å²) in [5.41, 5.74) is 9.65. The lowest BCUT2D eigenvalue weighted by Gasteiger charge is -2.34. The van der Waals surface area contributed by atoms with Crippen molar-refractivity contribution in [2.45, 2.75) is 90.7 Å². The van der Waals surface area contributed by atoms with Gasteiger partial charge in [-0.15, -0.1) is 0 Å². The van der Waals surface area contributed by atoms with E-state index in [1.807, 2.05) is 36.9 Å². The van der Waals surface area contributed by atoms with Crippen molar-refractivity contribution in [1.29, 1.82) is 0 Å². The Morgan fingerprint density at radius 3 is 2.52 bits per heavy atom. The number of anilines is 1. The number of aliphatic hydroxyl groups excluding tert-OH is 1. The molecule has 1 amide bonds. The SMILES string of the molecule is CCOC(=O)c1cnn(-c2cccc(-c3cccc4c3C(Nc3ccc(C5CCN(C(=O)[C@@H](O)CC)CC5)c(CC)c3)CC4)n2)c1CC. The molecule has 48 heavy (non-hydrogen) atoms. The molecule has 1 aliphatic carbocycles. The second-order valence-electron chi connectivity index (χ2n) is 12.8. The zero-order valence-corrected chi connectivity index (χ0v) is 28.5. The number of aromatic nitrogens is 3. The van der Waals surface area contributed by atoms with Crippen LogP contribution in [-0.4, -0.2) is 62.4 Å². The van der Waals surface area contributed by atoms with Crippen molar-refractivity contribution >= 4 is 17.6 Å². The van der Waals surface area contributed by atoms with Gasteiger partial charge in [0.25, 0.3) is 5.91 Å². The summed E-state index contributed by atoms with van der Waals surface area (Å²) in [4.78, 5) is 31.9. The monoisotopic (exact) mass is 649 g/mol. The van der Waals surface area contributed by atoms with E-state index < -0.39 is 6.10 Å². The molecule has 0 bridgehead atoms. The van der Waals surface area contributed by atoms with Crippen LogP contribution in [0, 0.1) is 0 Å². The Labute approximate surface area is 283 Å². The van der Waals surface area contributed by atoms with E-state index in [0.29, 0.717) is 49.8 Å². The van der Waals surface area contributed by atoms with Gasteiger partial charge in [0, 0.05) is 24.3 Å². The third-order valence-corrected chi connectivity index (χ3v) is 9.96. The summed E-state index contributed by atoms with van der Waals surface area (Å²) >= 11 is 0. The predicted molar refractivity (Wildman–Crippen MR) is 187 cm³/mol. The van der Waals surface area contributed by atoms with Crippen LogP contribution < -0.4 is 5.32 Å². The van der Waals surface area contributed by atoms with Gasteiger partial charge in [-0.25, -0.2) is 14.5 Å². The second-order valence-corrected chi connectivity index (χ2v) is 12.8. The number of aliphatic hydroxyl groups is 1. The van der Waals surface area contributed by atoms with E-state index >= 15 is 0 Å². The van der Waals surface area contributed by atoms with Gasteiger partial charge >= 0.3 is 5.97 Å². The number of nitrogens with zero attached hydrogens (tertiary/aromatic N) is 4. The molecule has 0 spiro atoms. The normalized spacial score (nSPS) is 16.9. The minimum Gasteiger partial charge on any atom is -0.462 e. The van der Waals surface area contributed by atoms with Crippen molar-refractivity contribution in [2.75, 3.05) is 25.0 Å². The molecule has 0 radical (unpaired) electrons. The highest BCUT2D eigenvalue weighted by Gasteiger charge is 2.29. The molecule has 2 aromatic heterocycles. The maximum absolute atomic E-state index is 12.6. The summed E-state index contributed by atoms with van der Waals surface area (Å²) in [7, 11) is 0. The van der Waals surface area contributed by atoms with E-state index in [-0.39, 0.29) is 17.9 Å². The number of fused-ring (bicyclic) bond motifs is 1. The average Bonchev–Trinajstić information content (AvgIpc) is 3.75. The Kier molecular flexibility index (Phi) is 10.2. The van der Waals surface area contributed by atoms with Gasteiger partial charge in [-0.2, -0.15) is 5.10 Å². The number of carbonyl (C=O) groups is 2. The van der Waals surface area contributed by atoms with Crippen LogP contribution in [0.2, 0.25) is 0 Å². The van der Waals surface area contributed by atoms with Gasteiger partial charge in [0.2, 0.25) is 0 Å². The van der Waals surface area contributed by atoms with Crippen molar-refractivity contribution < 1.29 is 19.4 Å². The van der Waals surface area contributed by atoms with Gasteiger partial charge in [-0.1, -0.05) is 51.1 Å². The standard InChI is InChI=1S/C39H47N5O4/c1-5-25-23-28(16-17-29(25)26-19-21-43(22-20-26)38(46)35(45)7-3)41-33-18-15-27-11-9-12-30(37(27)33)32-13-10-14-36(42-32)44-34(6-2)31(24-40-44)39(47)48-8-4/h9-14,16-17,23-24,26,33,35,41,45H,5-8,15,18-22H2,1-4H3/t33?,35-/m0/s1. The van der Waals surface area contributed by atoms with Gasteiger partial charge in [0.15, 0.2) is 5.82 Å². The van der Waals surface area contributed by atoms with E-state index in [4.69, 9.17) is 9.72 Å². The van der Waals surface area contributed by atoms with Crippen LogP contribution in [0.15, 0.2) is 60.8 Å². The second kappa shape index (κ2) is 14.7. The molecule has 9 heteroatoms. The van der Waals surface area contributed by atoms with Gasteiger partial charge in [0.1, 0.15) is 11.7 Å². The van der Waals surface area contributed by atoms with Crippen LogP contribution >= 0.6 is 0 Å². The molecule has 2 atom stereocenters. The third kappa shape index (κ3) is 6.61. The first-order chi connectivity index (χ1) is 23.4. The first-order valence-electron chi connectivity index (χ1n) is 17.6. The number of likely N-dealkylation sites (tertiary alicyclic amines) is 1. The van der Waals surface area contributed by atoms with Crippen LogP contribution in [0.3, 0.4) is 0 Å². The average molecular weight is 650 g/mol. The molecule has 1 fully saturated rings. The predicted octanol–water partition coefficient (Wildman–Crippen LogP) is 6.81. The lowest BCUT2D eigenvalue weighted by atomic mass is 9.85. The number of rotatable bonds is 11. The summed E-state index contributed by atoms with van der Waals surface area (Å²) in [5, 5.41) is 18.4. The van der Waals surface area contributed by atoms with Crippen LogP contribution in [0.25, 0.3) is 17.1 Å². The molecule has 1 aliphatic heterocycles. The van der Waals surface area contributed by atoms with E-state index in [1.165, 1.54) is 22.3 Å². The van der Waals surface area contributed by atoms with E-state index in [0.717, 1.165) is 54.7 Å². The van der Waals surface area contributed by atoms with E-state index in [9.17, 15) is 14.7 Å². The zero-order chi connectivity index (χ0) is 33.8. The summed E-state index contributed by atoms with van der Waals surface area (Å²) in [6.07, 6.45) is 6.50. The number of pyridine rings is 1. The molecule has 9 nitrogen and oxygen atoms in total. The lowest BCUT2D eigenvalue weighted by Crippen LogP contribution is -2.43. The highest BCUT2D eigenvalue weighted by atomic mass is 16.5. The van der Waals surface area contributed by atoms with Crippen LogP contribution in [0.5, 0.6) is 0 Å². The fraction of sp³-hybridized carbons (Fsp3) is 0.436.